The van der Waals surface area contributed by atoms with E-state index in [1.807, 2.05) is 19.1 Å². The van der Waals surface area contributed by atoms with E-state index in [1.54, 1.807) is 17.6 Å². The molecule has 0 aliphatic heterocycles. The van der Waals surface area contributed by atoms with Gasteiger partial charge in [0, 0.05) is 5.02 Å². The van der Waals surface area contributed by atoms with Crippen LogP contribution in [0, 0.1) is 6.92 Å². The molecular weight excluding hydrogens is 266 g/mol. The molecule has 0 unspecified atom stereocenters. The van der Waals surface area contributed by atoms with Crippen molar-refractivity contribution >= 4 is 23.4 Å². The molecule has 6 heteroatoms. The maximum atomic E-state index is 11.7. The molecule has 0 radical (unpaired) electrons. The van der Waals surface area contributed by atoms with Gasteiger partial charge in [0.1, 0.15) is 12.1 Å². The summed E-state index contributed by atoms with van der Waals surface area (Å²) >= 11 is 6.07. The minimum atomic E-state index is -0.529. The third kappa shape index (κ3) is 2.42. The SMILES string of the molecule is CCOC(=O)c1ncn(-c2cccc(Cl)c2C)c1N. The highest BCUT2D eigenvalue weighted by Gasteiger charge is 2.18. The van der Waals surface area contributed by atoms with Gasteiger partial charge >= 0.3 is 5.97 Å². The van der Waals surface area contributed by atoms with E-state index in [1.165, 1.54) is 6.33 Å². The van der Waals surface area contributed by atoms with E-state index in [4.69, 9.17) is 22.1 Å². The molecule has 1 heterocycles. The Hall–Kier alpha value is -2.01. The standard InChI is InChI=1S/C13H14ClN3O2/c1-3-19-13(18)11-12(15)17(7-16-11)10-6-4-5-9(14)8(10)2/h4-7H,3,15H2,1-2H3. The Kier molecular flexibility index (Phi) is 3.76. The first-order valence-electron chi connectivity index (χ1n) is 5.81. The van der Waals surface area contributed by atoms with Crippen LogP contribution < -0.4 is 5.73 Å². The Bertz CT molecular complexity index is 622. The summed E-state index contributed by atoms with van der Waals surface area (Å²) in [6, 6.07) is 5.46. The summed E-state index contributed by atoms with van der Waals surface area (Å²) in [4.78, 5) is 15.7. The van der Waals surface area contributed by atoms with Gasteiger partial charge in [0.15, 0.2) is 5.69 Å². The maximum absolute atomic E-state index is 11.7. The van der Waals surface area contributed by atoms with E-state index in [0.29, 0.717) is 5.02 Å². The Labute approximate surface area is 116 Å². The Balaban J connectivity index is 2.48. The minimum Gasteiger partial charge on any atom is -0.461 e. The van der Waals surface area contributed by atoms with Crippen LogP contribution >= 0.6 is 11.6 Å². The van der Waals surface area contributed by atoms with E-state index in [2.05, 4.69) is 4.98 Å². The van der Waals surface area contributed by atoms with E-state index in [0.717, 1.165) is 11.3 Å². The van der Waals surface area contributed by atoms with Crippen LogP contribution in [-0.2, 0) is 4.74 Å². The van der Waals surface area contributed by atoms with Crippen LogP contribution in [0.25, 0.3) is 5.69 Å². The number of hydrogen-bond donors (Lipinski definition) is 1. The number of halogens is 1. The molecule has 0 amide bonds. The fourth-order valence-electron chi connectivity index (χ4n) is 1.76. The zero-order valence-corrected chi connectivity index (χ0v) is 11.4. The molecule has 0 saturated carbocycles. The van der Waals surface area contributed by atoms with Crippen molar-refractivity contribution in [1.82, 2.24) is 9.55 Å². The molecule has 1 aromatic carbocycles. The molecule has 0 saturated heterocycles. The number of nitrogens with zero attached hydrogens (tertiary/aromatic N) is 2. The van der Waals surface area contributed by atoms with Crippen molar-refractivity contribution in [3.8, 4) is 5.69 Å². The Morgan fingerprint density at radius 1 is 1.53 bits per heavy atom. The van der Waals surface area contributed by atoms with Crippen molar-refractivity contribution < 1.29 is 9.53 Å². The van der Waals surface area contributed by atoms with Crippen molar-refractivity contribution in [3.05, 3.63) is 40.8 Å². The van der Waals surface area contributed by atoms with Gasteiger partial charge in [-0.15, -0.1) is 0 Å². The van der Waals surface area contributed by atoms with E-state index in [-0.39, 0.29) is 18.1 Å². The predicted molar refractivity (Wildman–Crippen MR) is 73.7 cm³/mol. The number of carbonyl (C=O) groups is 1. The molecule has 0 spiro atoms. The first-order chi connectivity index (χ1) is 9.06. The lowest BCUT2D eigenvalue weighted by Crippen LogP contribution is -2.09. The summed E-state index contributed by atoms with van der Waals surface area (Å²) in [5.41, 5.74) is 7.70. The summed E-state index contributed by atoms with van der Waals surface area (Å²) in [6.45, 7) is 3.88. The summed E-state index contributed by atoms with van der Waals surface area (Å²) < 4.78 is 6.51. The van der Waals surface area contributed by atoms with Crippen LogP contribution in [0.4, 0.5) is 5.82 Å². The fraction of sp³-hybridized carbons (Fsp3) is 0.231. The second-order valence-corrected chi connectivity index (χ2v) is 4.36. The zero-order chi connectivity index (χ0) is 14.0. The van der Waals surface area contributed by atoms with Crippen LogP contribution in [0.15, 0.2) is 24.5 Å². The number of anilines is 1. The number of carbonyl (C=O) groups excluding carboxylic acids is 1. The van der Waals surface area contributed by atoms with Gasteiger partial charge in [-0.25, -0.2) is 9.78 Å². The lowest BCUT2D eigenvalue weighted by atomic mass is 10.2. The van der Waals surface area contributed by atoms with Gasteiger partial charge in [-0.2, -0.15) is 0 Å². The number of esters is 1. The highest BCUT2D eigenvalue weighted by Crippen LogP contribution is 2.25. The number of ether oxygens (including phenoxy) is 1. The number of benzene rings is 1. The van der Waals surface area contributed by atoms with Crippen molar-refractivity contribution in [2.75, 3.05) is 12.3 Å². The highest BCUT2D eigenvalue weighted by molar-refractivity contribution is 6.31. The molecule has 100 valence electrons. The van der Waals surface area contributed by atoms with Crippen molar-refractivity contribution in [1.29, 1.82) is 0 Å². The molecule has 2 rings (SSSR count). The molecule has 5 nitrogen and oxygen atoms in total. The lowest BCUT2D eigenvalue weighted by Gasteiger charge is -2.10. The van der Waals surface area contributed by atoms with Crippen molar-refractivity contribution in [2.24, 2.45) is 0 Å². The highest BCUT2D eigenvalue weighted by atomic mass is 35.5. The molecule has 0 bridgehead atoms. The molecule has 19 heavy (non-hydrogen) atoms. The number of nitrogens with two attached hydrogens (primary N) is 1. The quantitative estimate of drug-likeness (QED) is 0.877. The fourth-order valence-corrected chi connectivity index (χ4v) is 1.93. The smallest absolute Gasteiger partial charge is 0.360 e. The van der Waals surface area contributed by atoms with Gasteiger partial charge in [0.25, 0.3) is 0 Å². The summed E-state index contributed by atoms with van der Waals surface area (Å²) in [6.07, 6.45) is 1.49. The lowest BCUT2D eigenvalue weighted by molar-refractivity contribution is 0.0521. The monoisotopic (exact) mass is 279 g/mol. The number of aromatic nitrogens is 2. The molecule has 0 fully saturated rings. The zero-order valence-electron chi connectivity index (χ0n) is 10.7. The van der Waals surface area contributed by atoms with Crippen LogP contribution in [-0.4, -0.2) is 22.1 Å². The Morgan fingerprint density at radius 2 is 2.26 bits per heavy atom. The number of nitrogen functional groups attached to an aromatic ring is 1. The van der Waals surface area contributed by atoms with Gasteiger partial charge in [-0.1, -0.05) is 17.7 Å². The third-order valence-corrected chi connectivity index (χ3v) is 3.18. The van der Waals surface area contributed by atoms with Gasteiger partial charge in [-0.05, 0) is 31.5 Å². The summed E-state index contributed by atoms with van der Waals surface area (Å²) in [5.74, 6) is -0.290. The maximum Gasteiger partial charge on any atom is 0.360 e. The topological polar surface area (TPSA) is 70.1 Å². The van der Waals surface area contributed by atoms with E-state index in [9.17, 15) is 4.79 Å². The second-order valence-electron chi connectivity index (χ2n) is 3.95. The Morgan fingerprint density at radius 3 is 2.95 bits per heavy atom. The summed E-state index contributed by atoms with van der Waals surface area (Å²) in [5, 5.41) is 0.628. The minimum absolute atomic E-state index is 0.112. The molecule has 0 aliphatic rings. The first kappa shape index (κ1) is 13.4. The average molecular weight is 280 g/mol. The number of rotatable bonds is 3. The van der Waals surface area contributed by atoms with Crippen LogP contribution in [0.1, 0.15) is 23.0 Å². The van der Waals surface area contributed by atoms with E-state index < -0.39 is 5.97 Å². The van der Waals surface area contributed by atoms with Gasteiger partial charge in [0.05, 0.1) is 12.3 Å². The largest absolute Gasteiger partial charge is 0.461 e. The third-order valence-electron chi connectivity index (χ3n) is 2.77. The first-order valence-corrected chi connectivity index (χ1v) is 6.19. The van der Waals surface area contributed by atoms with Crippen molar-refractivity contribution in [2.45, 2.75) is 13.8 Å². The molecular formula is C13H14ClN3O2. The van der Waals surface area contributed by atoms with Crippen molar-refractivity contribution in [3.63, 3.8) is 0 Å². The van der Waals surface area contributed by atoms with Crippen LogP contribution in [0.2, 0.25) is 5.02 Å². The number of hydrogen-bond acceptors (Lipinski definition) is 4. The average Bonchev–Trinajstić information content (AvgIpc) is 2.75. The van der Waals surface area contributed by atoms with Crippen LogP contribution in [0.5, 0.6) is 0 Å². The second kappa shape index (κ2) is 5.32. The van der Waals surface area contributed by atoms with E-state index >= 15 is 0 Å². The molecule has 2 aromatic rings. The summed E-state index contributed by atoms with van der Waals surface area (Å²) in [7, 11) is 0. The van der Waals surface area contributed by atoms with Gasteiger partial charge in [-0.3, -0.25) is 4.57 Å². The molecule has 0 atom stereocenters. The molecule has 1 aromatic heterocycles. The van der Waals surface area contributed by atoms with Crippen LogP contribution in [0.3, 0.4) is 0 Å². The molecule has 2 N–H and O–H groups in total. The van der Waals surface area contributed by atoms with Gasteiger partial charge in [0.2, 0.25) is 0 Å². The predicted octanol–water partition coefficient (Wildman–Crippen LogP) is 2.59. The van der Waals surface area contributed by atoms with Gasteiger partial charge < -0.3 is 10.5 Å². The number of imidazole rings is 1. The normalized spacial score (nSPS) is 10.5. The molecule has 0 aliphatic carbocycles.